The second kappa shape index (κ2) is 13.0. The highest BCUT2D eigenvalue weighted by Crippen LogP contribution is 2.37. The summed E-state index contributed by atoms with van der Waals surface area (Å²) in [6.07, 6.45) is 0. The first kappa shape index (κ1) is 38.1. The molecule has 0 aliphatic carbocycles. The molecule has 0 spiro atoms. The van der Waals surface area contributed by atoms with E-state index in [-0.39, 0.29) is 33.2 Å². The van der Waals surface area contributed by atoms with Gasteiger partial charge in [0.05, 0.1) is 0 Å². The van der Waals surface area contributed by atoms with Crippen molar-refractivity contribution in [3.63, 3.8) is 0 Å². The molecule has 0 aromatic carbocycles. The van der Waals surface area contributed by atoms with E-state index in [2.05, 4.69) is 142 Å². The third-order valence-electron chi connectivity index (χ3n) is 7.36. The zero-order valence-electron chi connectivity index (χ0n) is 29.6. The normalized spacial score (nSPS) is 18.0. The molecule has 0 aliphatic heterocycles. The summed E-state index contributed by atoms with van der Waals surface area (Å²) >= 11 is 0. The largest absolute Gasteiger partial charge is 0.339 e. The summed E-state index contributed by atoms with van der Waals surface area (Å²) < 4.78 is 12.7. The van der Waals surface area contributed by atoms with Gasteiger partial charge in [-0.1, -0.05) is 0 Å². The molecule has 0 N–H and O–H groups in total. The lowest BCUT2D eigenvalue weighted by Gasteiger charge is -2.63. The van der Waals surface area contributed by atoms with E-state index in [0.717, 1.165) is 0 Å². The fourth-order valence-electron chi connectivity index (χ4n) is 7.88. The van der Waals surface area contributed by atoms with E-state index in [0.29, 0.717) is 0 Å². The molecule has 0 bridgehead atoms. The molecule has 0 radical (unpaired) electrons. The zero-order chi connectivity index (χ0) is 30.2. The summed E-state index contributed by atoms with van der Waals surface area (Å²) in [7, 11) is -0.424. The zero-order valence-corrected chi connectivity index (χ0v) is 39.1. The maximum atomic E-state index is 3.47. The van der Waals surface area contributed by atoms with Crippen molar-refractivity contribution in [2.24, 2.45) is 0 Å². The number of rotatable bonds is 9. The van der Waals surface area contributed by atoms with Crippen LogP contribution in [0.3, 0.4) is 0 Å². The Balaban J connectivity index is 7.79. The van der Waals surface area contributed by atoms with Gasteiger partial charge in [-0.15, -0.1) is 0 Å². The minimum absolute atomic E-state index is 0.175. The first-order valence-electron chi connectivity index (χ1n) is 15.2. The SMILES string of the molecule is CC(C)(C)N([SiH](C[SiH3])N([SiH](C[SiH3])N(C(C)(C)C)C(C)(C)C)[SiH](C[SiH3])N(C(C)(C)C)C(C)(C)C)C(C)(C)C. The van der Waals surface area contributed by atoms with Gasteiger partial charge in [-0.25, -0.2) is 0 Å². The van der Waals surface area contributed by atoms with E-state index in [1.807, 2.05) is 0 Å². The molecule has 0 rings (SSSR count). The maximum Gasteiger partial charge on any atom is 0.175 e. The van der Waals surface area contributed by atoms with Crippen molar-refractivity contribution in [2.75, 3.05) is 0 Å². The Morgan fingerprint density at radius 2 is 0.486 bits per heavy atom. The average molecular weight is 621 g/mol. The predicted octanol–water partition coefficient (Wildman–Crippen LogP) is 2.62. The van der Waals surface area contributed by atoms with Crippen molar-refractivity contribution >= 4 is 58.1 Å². The van der Waals surface area contributed by atoms with Gasteiger partial charge in [-0.05, 0) is 142 Å². The van der Waals surface area contributed by atoms with E-state index in [1.165, 1.54) is 47.7 Å². The van der Waals surface area contributed by atoms with Crippen molar-refractivity contribution in [1.82, 2.24) is 17.6 Å². The quantitative estimate of drug-likeness (QED) is 0.368. The van der Waals surface area contributed by atoms with Gasteiger partial charge in [0.25, 0.3) is 0 Å². The van der Waals surface area contributed by atoms with Crippen molar-refractivity contribution in [2.45, 2.75) is 175 Å². The van der Waals surface area contributed by atoms with Gasteiger partial charge in [0.1, 0.15) is 0 Å². The number of nitrogens with zero attached hydrogens (tertiary/aromatic N) is 4. The highest BCUT2D eigenvalue weighted by atomic mass is 28.4. The molecule has 0 saturated carbocycles. The van der Waals surface area contributed by atoms with Gasteiger partial charge in [0, 0.05) is 64.0 Å². The van der Waals surface area contributed by atoms with Crippen molar-refractivity contribution in [3.8, 4) is 0 Å². The molecule has 0 aromatic rings. The monoisotopic (exact) mass is 620 g/mol. The Kier molecular flexibility index (Phi) is 13.4. The third-order valence-corrected chi connectivity index (χ3v) is 30.8. The fraction of sp³-hybridized carbons (Fsp3) is 1.00. The molecule has 0 aliphatic rings. The lowest BCUT2D eigenvalue weighted by atomic mass is 10.0. The molecule has 0 aromatic heterocycles. The summed E-state index contributed by atoms with van der Waals surface area (Å²) in [5.74, 6) is 0. The molecule has 3 unspecified atom stereocenters. The molecular formula is C27H72N4Si6. The summed E-state index contributed by atoms with van der Waals surface area (Å²) in [5.41, 5.74) is 5.41. The smallest absolute Gasteiger partial charge is 0.175 e. The van der Waals surface area contributed by atoms with E-state index in [1.54, 1.807) is 0 Å². The van der Waals surface area contributed by atoms with Crippen LogP contribution < -0.4 is 0 Å². The summed E-state index contributed by atoms with van der Waals surface area (Å²) in [4.78, 5) is 0. The van der Waals surface area contributed by atoms with E-state index in [9.17, 15) is 0 Å². The lowest BCUT2D eigenvalue weighted by molar-refractivity contribution is 0.106. The number of hydrogen-bond donors (Lipinski definition) is 0. The molecule has 3 atom stereocenters. The predicted molar refractivity (Wildman–Crippen MR) is 192 cm³/mol. The van der Waals surface area contributed by atoms with Gasteiger partial charge in [0.2, 0.25) is 0 Å². The Labute approximate surface area is 249 Å². The Morgan fingerprint density at radius 1 is 0.351 bits per heavy atom. The van der Waals surface area contributed by atoms with Crippen LogP contribution >= 0.6 is 0 Å². The topological polar surface area (TPSA) is 13.0 Å². The van der Waals surface area contributed by atoms with E-state index in [4.69, 9.17) is 0 Å². The van der Waals surface area contributed by atoms with Gasteiger partial charge < -0.3 is 17.6 Å². The molecule has 4 nitrogen and oxygen atoms in total. The molecule has 0 amide bonds. The molecule has 224 valence electrons. The van der Waals surface area contributed by atoms with Gasteiger partial charge >= 0.3 is 0 Å². The summed E-state index contributed by atoms with van der Waals surface area (Å²) in [6.45, 7) is 45.0. The molecular weight excluding hydrogens is 549 g/mol. The molecule has 0 heterocycles. The first-order valence-corrected chi connectivity index (χ1v) is 25.0. The Morgan fingerprint density at radius 3 is 0.568 bits per heavy atom. The standard InChI is InChI=1S/C27H72N4Si6/c1-22(2,3)28(23(4,5)6)35(19-32)31(36(20-33)29(24(7,8)9)25(10,11)12)37(21-34)30(26(13,14)15)27(16,17)18/h35-37H,19-21H2,1-18,32-34H3. The van der Waals surface area contributed by atoms with Gasteiger partial charge in [0.15, 0.2) is 27.4 Å². The molecule has 0 saturated heterocycles. The van der Waals surface area contributed by atoms with E-state index < -0.39 is 27.4 Å². The van der Waals surface area contributed by atoms with Crippen LogP contribution in [0.2, 0.25) is 17.0 Å². The van der Waals surface area contributed by atoms with Crippen LogP contribution in [-0.4, -0.2) is 109 Å². The summed E-state index contributed by atoms with van der Waals surface area (Å²) in [6, 6.07) is 0. The van der Waals surface area contributed by atoms with E-state index >= 15 is 0 Å². The molecule has 10 heteroatoms. The van der Waals surface area contributed by atoms with Crippen LogP contribution in [0.1, 0.15) is 125 Å². The van der Waals surface area contributed by atoms with Crippen LogP contribution in [0, 0.1) is 0 Å². The molecule has 0 fully saturated rings. The summed E-state index contributed by atoms with van der Waals surface area (Å²) in [5, 5.41) is 0. The highest BCUT2D eigenvalue weighted by molar-refractivity contribution is 6.89. The minimum Gasteiger partial charge on any atom is -0.339 e. The maximum absolute atomic E-state index is 3.47. The van der Waals surface area contributed by atoms with Crippen LogP contribution in [0.5, 0.6) is 0 Å². The van der Waals surface area contributed by atoms with Gasteiger partial charge in [-0.2, -0.15) is 0 Å². The van der Waals surface area contributed by atoms with Crippen molar-refractivity contribution in [3.05, 3.63) is 0 Å². The van der Waals surface area contributed by atoms with Crippen molar-refractivity contribution in [1.29, 1.82) is 0 Å². The Bertz CT molecular complexity index is 556. The third kappa shape index (κ3) is 10.2. The fourth-order valence-corrected chi connectivity index (χ4v) is 42.0. The average Bonchev–Trinajstić information content (AvgIpc) is 2.58. The van der Waals surface area contributed by atoms with Crippen LogP contribution in [-0.2, 0) is 0 Å². The van der Waals surface area contributed by atoms with Crippen LogP contribution in [0.15, 0.2) is 0 Å². The first-order chi connectivity index (χ1) is 16.1. The highest BCUT2D eigenvalue weighted by Gasteiger charge is 2.52. The van der Waals surface area contributed by atoms with Crippen LogP contribution in [0.4, 0.5) is 0 Å². The lowest BCUT2D eigenvalue weighted by Crippen LogP contribution is -2.80. The minimum atomic E-state index is -1.43. The van der Waals surface area contributed by atoms with Crippen LogP contribution in [0.25, 0.3) is 0 Å². The molecule has 37 heavy (non-hydrogen) atoms. The van der Waals surface area contributed by atoms with Crippen molar-refractivity contribution < 1.29 is 0 Å². The Hall–Kier alpha value is 1.14. The van der Waals surface area contributed by atoms with Gasteiger partial charge in [-0.3, -0.25) is 0 Å². The second-order valence-corrected chi connectivity index (χ2v) is 35.1. The number of hydrogen-bond acceptors (Lipinski definition) is 4. The second-order valence-electron chi connectivity index (χ2n) is 17.2.